The molecule has 0 atom stereocenters. The highest BCUT2D eigenvalue weighted by Gasteiger charge is 2.36. The van der Waals surface area contributed by atoms with Gasteiger partial charge in [0, 0.05) is 17.6 Å². The zero-order chi connectivity index (χ0) is 10.9. The largest absolute Gasteiger partial charge is 0.390 e. The molecule has 0 aliphatic carbocycles. The minimum absolute atomic E-state index is 0.608. The molecule has 1 saturated heterocycles. The molecule has 0 aromatic heterocycles. The molecule has 1 fully saturated rings. The standard InChI is InChI=1S/C12H17O2P/c1-12(13)7-9-15(14,10-8-12)11-5-3-2-4-6-11/h2-6,13H,7-10H2,1H3. The molecule has 2 nitrogen and oxygen atoms in total. The Morgan fingerprint density at radius 2 is 1.73 bits per heavy atom. The van der Waals surface area contributed by atoms with Crippen molar-refractivity contribution in [2.45, 2.75) is 25.4 Å². The van der Waals surface area contributed by atoms with Crippen LogP contribution in [0.3, 0.4) is 0 Å². The van der Waals surface area contributed by atoms with Crippen LogP contribution in [0.15, 0.2) is 30.3 Å². The molecular weight excluding hydrogens is 207 g/mol. The summed E-state index contributed by atoms with van der Waals surface area (Å²) < 4.78 is 12.6. The molecule has 15 heavy (non-hydrogen) atoms. The summed E-state index contributed by atoms with van der Waals surface area (Å²) in [5.41, 5.74) is -0.608. The van der Waals surface area contributed by atoms with Crippen molar-refractivity contribution in [2.75, 3.05) is 12.3 Å². The van der Waals surface area contributed by atoms with Gasteiger partial charge in [-0.2, -0.15) is 0 Å². The van der Waals surface area contributed by atoms with Crippen molar-refractivity contribution in [1.29, 1.82) is 0 Å². The molecule has 1 aromatic rings. The van der Waals surface area contributed by atoms with E-state index in [1.807, 2.05) is 37.3 Å². The highest BCUT2D eigenvalue weighted by molar-refractivity contribution is 7.71. The first-order valence-electron chi connectivity index (χ1n) is 5.38. The fraction of sp³-hybridized carbons (Fsp3) is 0.500. The maximum Gasteiger partial charge on any atom is 0.115 e. The molecule has 82 valence electrons. The second-order valence-electron chi connectivity index (χ2n) is 4.67. The minimum atomic E-state index is -2.21. The summed E-state index contributed by atoms with van der Waals surface area (Å²) in [4.78, 5) is 0. The van der Waals surface area contributed by atoms with E-state index in [2.05, 4.69) is 0 Å². The van der Waals surface area contributed by atoms with Gasteiger partial charge in [-0.15, -0.1) is 0 Å². The van der Waals surface area contributed by atoms with Gasteiger partial charge in [-0.05, 0) is 19.8 Å². The van der Waals surface area contributed by atoms with Crippen LogP contribution in [-0.2, 0) is 4.57 Å². The van der Waals surface area contributed by atoms with Crippen LogP contribution in [0.1, 0.15) is 19.8 Å². The molecule has 0 unspecified atom stereocenters. The van der Waals surface area contributed by atoms with E-state index in [1.54, 1.807) is 0 Å². The fourth-order valence-electron chi connectivity index (χ4n) is 2.04. The van der Waals surface area contributed by atoms with Crippen molar-refractivity contribution in [3.05, 3.63) is 30.3 Å². The summed E-state index contributed by atoms with van der Waals surface area (Å²) in [6.07, 6.45) is 2.59. The maximum absolute atomic E-state index is 12.6. The van der Waals surface area contributed by atoms with Crippen LogP contribution in [0.2, 0.25) is 0 Å². The molecule has 0 bridgehead atoms. The Labute approximate surface area is 90.7 Å². The third kappa shape index (κ3) is 2.32. The van der Waals surface area contributed by atoms with Gasteiger partial charge in [-0.25, -0.2) is 0 Å². The van der Waals surface area contributed by atoms with Crippen molar-refractivity contribution in [1.82, 2.24) is 0 Å². The van der Waals surface area contributed by atoms with Crippen molar-refractivity contribution in [3.63, 3.8) is 0 Å². The molecule has 0 saturated carbocycles. The van der Waals surface area contributed by atoms with Crippen molar-refractivity contribution in [3.8, 4) is 0 Å². The lowest BCUT2D eigenvalue weighted by Crippen LogP contribution is -2.33. The minimum Gasteiger partial charge on any atom is -0.390 e. The summed E-state index contributed by atoms with van der Waals surface area (Å²) in [6, 6.07) is 9.70. The van der Waals surface area contributed by atoms with Crippen LogP contribution < -0.4 is 5.30 Å². The normalized spacial score (nSPS) is 36.4. The van der Waals surface area contributed by atoms with E-state index in [-0.39, 0.29) is 0 Å². The molecule has 3 heteroatoms. The van der Waals surface area contributed by atoms with Gasteiger partial charge in [0.15, 0.2) is 0 Å². The van der Waals surface area contributed by atoms with Crippen molar-refractivity contribution < 1.29 is 9.67 Å². The monoisotopic (exact) mass is 224 g/mol. The third-order valence-corrected chi connectivity index (χ3v) is 6.38. The Hall–Kier alpha value is -0.590. The van der Waals surface area contributed by atoms with Crippen LogP contribution in [0.5, 0.6) is 0 Å². The SMILES string of the molecule is CC1(O)CCP(=O)(c2ccccc2)CC1. The average Bonchev–Trinajstić information content (AvgIpc) is 2.24. The van der Waals surface area contributed by atoms with E-state index in [0.717, 1.165) is 5.30 Å². The van der Waals surface area contributed by atoms with Crippen molar-refractivity contribution >= 4 is 12.4 Å². The Balaban J connectivity index is 2.21. The predicted octanol–water partition coefficient (Wildman–Crippen LogP) is 2.22. The Morgan fingerprint density at radius 3 is 2.27 bits per heavy atom. The molecule has 1 N–H and O–H groups in total. The van der Waals surface area contributed by atoms with Gasteiger partial charge in [-0.3, -0.25) is 0 Å². The molecule has 0 amide bonds. The fourth-order valence-corrected chi connectivity index (χ4v) is 5.18. The summed E-state index contributed by atoms with van der Waals surface area (Å²) in [6.45, 7) is 1.83. The Morgan fingerprint density at radius 1 is 1.20 bits per heavy atom. The highest BCUT2D eigenvalue weighted by atomic mass is 31.2. The Bertz CT molecular complexity index is 370. The molecule has 0 spiro atoms. The summed E-state index contributed by atoms with van der Waals surface area (Å²) >= 11 is 0. The van der Waals surface area contributed by atoms with Crippen LogP contribution in [0.4, 0.5) is 0 Å². The second-order valence-corrected chi connectivity index (χ2v) is 7.86. The van der Waals surface area contributed by atoms with Gasteiger partial charge in [0.1, 0.15) is 7.14 Å². The zero-order valence-corrected chi connectivity index (χ0v) is 9.91. The van der Waals surface area contributed by atoms with Crippen LogP contribution in [0.25, 0.3) is 0 Å². The molecule has 0 radical (unpaired) electrons. The average molecular weight is 224 g/mol. The first-order valence-corrected chi connectivity index (χ1v) is 7.46. The summed E-state index contributed by atoms with van der Waals surface area (Å²) in [5.74, 6) is 0. The topological polar surface area (TPSA) is 37.3 Å². The molecule has 1 aliphatic rings. The second kappa shape index (κ2) is 3.77. The molecule has 1 heterocycles. The van der Waals surface area contributed by atoms with Gasteiger partial charge in [0.25, 0.3) is 0 Å². The van der Waals surface area contributed by atoms with E-state index < -0.39 is 12.7 Å². The number of hydrogen-bond acceptors (Lipinski definition) is 2. The van der Waals surface area contributed by atoms with Gasteiger partial charge in [0.2, 0.25) is 0 Å². The maximum atomic E-state index is 12.6. The lowest BCUT2D eigenvalue weighted by Gasteiger charge is -2.33. The lowest BCUT2D eigenvalue weighted by molar-refractivity contribution is 0.0498. The third-order valence-electron chi connectivity index (χ3n) is 3.25. The first kappa shape index (κ1) is 10.9. The van der Waals surface area contributed by atoms with Crippen LogP contribution in [-0.4, -0.2) is 23.0 Å². The quantitative estimate of drug-likeness (QED) is 0.743. The zero-order valence-electron chi connectivity index (χ0n) is 9.02. The number of hydrogen-bond donors (Lipinski definition) is 1. The van der Waals surface area contributed by atoms with Crippen LogP contribution >= 0.6 is 7.14 Å². The molecule has 1 aliphatic heterocycles. The number of benzene rings is 1. The molecule has 2 rings (SSSR count). The van der Waals surface area contributed by atoms with E-state index in [1.165, 1.54) is 0 Å². The number of aliphatic hydroxyl groups is 1. The van der Waals surface area contributed by atoms with E-state index in [9.17, 15) is 9.67 Å². The van der Waals surface area contributed by atoms with Gasteiger partial charge < -0.3 is 9.67 Å². The highest BCUT2D eigenvalue weighted by Crippen LogP contribution is 2.51. The summed E-state index contributed by atoms with van der Waals surface area (Å²) in [5, 5.41) is 10.8. The molecule has 1 aromatic carbocycles. The van der Waals surface area contributed by atoms with Crippen molar-refractivity contribution in [2.24, 2.45) is 0 Å². The van der Waals surface area contributed by atoms with E-state index >= 15 is 0 Å². The Kier molecular flexibility index (Phi) is 2.74. The summed E-state index contributed by atoms with van der Waals surface area (Å²) in [7, 11) is -2.21. The van der Waals surface area contributed by atoms with E-state index in [0.29, 0.717) is 25.2 Å². The van der Waals surface area contributed by atoms with Gasteiger partial charge in [-0.1, -0.05) is 30.3 Å². The smallest absolute Gasteiger partial charge is 0.115 e. The van der Waals surface area contributed by atoms with Gasteiger partial charge in [0.05, 0.1) is 5.60 Å². The first-order chi connectivity index (χ1) is 7.02. The lowest BCUT2D eigenvalue weighted by atomic mass is 10.0. The molecular formula is C12H17O2P. The van der Waals surface area contributed by atoms with Crippen LogP contribution in [0, 0.1) is 0 Å². The van der Waals surface area contributed by atoms with Gasteiger partial charge >= 0.3 is 0 Å². The predicted molar refractivity (Wildman–Crippen MR) is 63.3 cm³/mol. The number of rotatable bonds is 1. The van der Waals surface area contributed by atoms with E-state index in [4.69, 9.17) is 0 Å².